The Bertz CT molecular complexity index is 479. The molecule has 1 aliphatic heterocycles. The number of nitrogens with zero attached hydrogens (tertiary/aromatic N) is 1. The first-order valence-corrected chi connectivity index (χ1v) is 7.04. The topological polar surface area (TPSA) is 32.3 Å². The lowest BCUT2D eigenvalue weighted by atomic mass is 9.98. The number of nitrogens with one attached hydrogen (secondary N) is 1. The van der Waals surface area contributed by atoms with Gasteiger partial charge in [-0.1, -0.05) is 6.07 Å². The van der Waals surface area contributed by atoms with Crippen molar-refractivity contribution in [2.75, 3.05) is 20.1 Å². The summed E-state index contributed by atoms with van der Waals surface area (Å²) in [6, 6.07) is 3.86. The van der Waals surface area contributed by atoms with Crippen LogP contribution in [0.2, 0.25) is 0 Å². The van der Waals surface area contributed by atoms with Crippen LogP contribution in [0.25, 0.3) is 0 Å². The zero-order valence-electron chi connectivity index (χ0n) is 11.7. The highest BCUT2D eigenvalue weighted by atomic mass is 19.2. The molecular formula is C15H20F2N2O. The molecule has 1 unspecified atom stereocenters. The van der Waals surface area contributed by atoms with Gasteiger partial charge in [-0.25, -0.2) is 8.78 Å². The van der Waals surface area contributed by atoms with Crippen molar-refractivity contribution in [2.45, 2.75) is 31.7 Å². The predicted molar refractivity (Wildman–Crippen MR) is 73.6 cm³/mol. The number of carbonyl (C=O) groups is 1. The van der Waals surface area contributed by atoms with E-state index in [9.17, 15) is 13.6 Å². The van der Waals surface area contributed by atoms with Gasteiger partial charge in [-0.05, 0) is 51.4 Å². The molecule has 1 amide bonds. The van der Waals surface area contributed by atoms with Crippen molar-refractivity contribution < 1.29 is 13.6 Å². The van der Waals surface area contributed by atoms with E-state index < -0.39 is 17.5 Å². The number of benzene rings is 1. The highest BCUT2D eigenvalue weighted by Gasteiger charge is 2.29. The van der Waals surface area contributed by atoms with E-state index in [4.69, 9.17) is 0 Å². The molecule has 1 saturated heterocycles. The Morgan fingerprint density at radius 3 is 2.95 bits per heavy atom. The van der Waals surface area contributed by atoms with Crippen LogP contribution in [0.1, 0.15) is 36.0 Å². The van der Waals surface area contributed by atoms with Crippen LogP contribution in [0.4, 0.5) is 8.78 Å². The summed E-state index contributed by atoms with van der Waals surface area (Å²) >= 11 is 0. The normalized spacial score (nSPS) is 19.1. The van der Waals surface area contributed by atoms with E-state index in [0.717, 1.165) is 38.3 Å². The summed E-state index contributed by atoms with van der Waals surface area (Å²) in [6.45, 7) is 1.42. The summed E-state index contributed by atoms with van der Waals surface area (Å²) in [7, 11) is 1.86. The van der Waals surface area contributed by atoms with Gasteiger partial charge < -0.3 is 10.2 Å². The van der Waals surface area contributed by atoms with Crippen LogP contribution in [-0.2, 0) is 0 Å². The van der Waals surface area contributed by atoms with E-state index in [1.807, 2.05) is 7.05 Å². The van der Waals surface area contributed by atoms with Crippen molar-refractivity contribution in [1.82, 2.24) is 10.2 Å². The molecule has 1 atom stereocenters. The van der Waals surface area contributed by atoms with E-state index in [-0.39, 0.29) is 11.6 Å². The maximum Gasteiger partial charge on any atom is 0.257 e. The van der Waals surface area contributed by atoms with E-state index in [0.29, 0.717) is 6.54 Å². The van der Waals surface area contributed by atoms with Crippen molar-refractivity contribution in [3.05, 3.63) is 35.4 Å². The number of piperidine rings is 1. The molecule has 0 spiro atoms. The maximum absolute atomic E-state index is 13.8. The van der Waals surface area contributed by atoms with Gasteiger partial charge in [-0.15, -0.1) is 0 Å². The monoisotopic (exact) mass is 282 g/mol. The van der Waals surface area contributed by atoms with Gasteiger partial charge in [-0.3, -0.25) is 4.79 Å². The fraction of sp³-hybridized carbons (Fsp3) is 0.533. The first-order valence-electron chi connectivity index (χ1n) is 7.04. The molecule has 20 heavy (non-hydrogen) atoms. The molecule has 110 valence electrons. The summed E-state index contributed by atoms with van der Waals surface area (Å²) in [5, 5.41) is 3.06. The first-order chi connectivity index (χ1) is 9.65. The summed E-state index contributed by atoms with van der Waals surface area (Å²) in [4.78, 5) is 14.1. The molecule has 1 aromatic carbocycles. The number of halogens is 2. The Balaban J connectivity index is 2.18. The van der Waals surface area contributed by atoms with Crippen molar-refractivity contribution in [3.63, 3.8) is 0 Å². The minimum atomic E-state index is -1.05. The van der Waals surface area contributed by atoms with Crippen LogP contribution >= 0.6 is 0 Å². The van der Waals surface area contributed by atoms with Gasteiger partial charge in [0.2, 0.25) is 0 Å². The molecule has 0 saturated carbocycles. The SMILES string of the molecule is CNCCC1CCCCN1C(=O)c1cccc(F)c1F. The van der Waals surface area contributed by atoms with Gasteiger partial charge in [0, 0.05) is 12.6 Å². The predicted octanol–water partition coefficient (Wildman–Crippen LogP) is 2.57. The van der Waals surface area contributed by atoms with Gasteiger partial charge in [0.1, 0.15) is 0 Å². The maximum atomic E-state index is 13.8. The molecule has 1 aromatic rings. The van der Waals surface area contributed by atoms with Gasteiger partial charge in [0.15, 0.2) is 11.6 Å². The minimum absolute atomic E-state index is 0.103. The van der Waals surface area contributed by atoms with Crippen LogP contribution in [0.5, 0.6) is 0 Å². The second-order valence-corrected chi connectivity index (χ2v) is 5.14. The van der Waals surface area contributed by atoms with Gasteiger partial charge in [0.05, 0.1) is 5.56 Å². The Morgan fingerprint density at radius 2 is 2.20 bits per heavy atom. The lowest BCUT2D eigenvalue weighted by Crippen LogP contribution is -2.45. The Hall–Kier alpha value is -1.49. The number of amides is 1. The molecule has 1 heterocycles. The first kappa shape index (κ1) is 14.9. The third-order valence-electron chi connectivity index (χ3n) is 3.80. The zero-order valence-corrected chi connectivity index (χ0v) is 11.7. The summed E-state index contributed by atoms with van der Waals surface area (Å²) in [6.07, 6.45) is 3.74. The number of carbonyl (C=O) groups excluding carboxylic acids is 1. The van der Waals surface area contributed by atoms with Crippen LogP contribution in [0, 0.1) is 11.6 Å². The van der Waals surface area contributed by atoms with E-state index in [1.165, 1.54) is 12.1 Å². The second-order valence-electron chi connectivity index (χ2n) is 5.14. The van der Waals surface area contributed by atoms with Crippen molar-refractivity contribution in [2.24, 2.45) is 0 Å². The highest BCUT2D eigenvalue weighted by Crippen LogP contribution is 2.23. The Labute approximate surface area is 118 Å². The molecule has 5 heteroatoms. The molecular weight excluding hydrogens is 262 g/mol. The smallest absolute Gasteiger partial charge is 0.257 e. The number of likely N-dealkylation sites (tertiary alicyclic amines) is 1. The third kappa shape index (κ3) is 3.15. The van der Waals surface area contributed by atoms with Gasteiger partial charge >= 0.3 is 0 Å². The zero-order chi connectivity index (χ0) is 14.5. The number of hydrogen-bond donors (Lipinski definition) is 1. The average molecular weight is 282 g/mol. The van der Waals surface area contributed by atoms with Crippen LogP contribution in [-0.4, -0.2) is 37.0 Å². The number of rotatable bonds is 4. The molecule has 3 nitrogen and oxygen atoms in total. The molecule has 0 bridgehead atoms. The van der Waals surface area contributed by atoms with Crippen molar-refractivity contribution in [3.8, 4) is 0 Å². The summed E-state index contributed by atoms with van der Waals surface area (Å²) in [5.41, 5.74) is -0.165. The van der Waals surface area contributed by atoms with Crippen LogP contribution in [0.3, 0.4) is 0 Å². The highest BCUT2D eigenvalue weighted by molar-refractivity contribution is 5.94. The second kappa shape index (κ2) is 6.79. The van der Waals surface area contributed by atoms with Crippen LogP contribution < -0.4 is 5.32 Å². The van der Waals surface area contributed by atoms with Gasteiger partial charge in [0.25, 0.3) is 5.91 Å². The molecule has 0 aliphatic carbocycles. The fourth-order valence-corrected chi connectivity index (χ4v) is 2.70. The minimum Gasteiger partial charge on any atom is -0.336 e. The lowest BCUT2D eigenvalue weighted by Gasteiger charge is -2.36. The molecule has 1 aliphatic rings. The molecule has 0 radical (unpaired) electrons. The quantitative estimate of drug-likeness (QED) is 0.920. The fourth-order valence-electron chi connectivity index (χ4n) is 2.70. The summed E-state index contributed by atoms with van der Waals surface area (Å²) in [5.74, 6) is -2.42. The Kier molecular flexibility index (Phi) is 5.06. The van der Waals surface area contributed by atoms with Crippen molar-refractivity contribution in [1.29, 1.82) is 0 Å². The molecule has 1 fully saturated rings. The van der Waals surface area contributed by atoms with E-state index >= 15 is 0 Å². The Morgan fingerprint density at radius 1 is 1.40 bits per heavy atom. The van der Waals surface area contributed by atoms with E-state index in [1.54, 1.807) is 4.90 Å². The number of hydrogen-bond acceptors (Lipinski definition) is 2. The third-order valence-corrected chi connectivity index (χ3v) is 3.80. The largest absolute Gasteiger partial charge is 0.336 e. The van der Waals surface area contributed by atoms with Crippen LogP contribution in [0.15, 0.2) is 18.2 Å². The van der Waals surface area contributed by atoms with E-state index in [2.05, 4.69) is 5.32 Å². The molecule has 1 N–H and O–H groups in total. The van der Waals surface area contributed by atoms with Gasteiger partial charge in [-0.2, -0.15) is 0 Å². The summed E-state index contributed by atoms with van der Waals surface area (Å²) < 4.78 is 27.0. The average Bonchev–Trinajstić information content (AvgIpc) is 2.47. The standard InChI is InChI=1S/C15H20F2N2O/c1-18-9-8-11-5-2-3-10-19(11)15(20)12-6-4-7-13(16)14(12)17/h4,6-7,11,18H,2-3,5,8-10H2,1H3. The molecule has 2 rings (SSSR count). The molecule has 0 aromatic heterocycles. The van der Waals surface area contributed by atoms with Crippen molar-refractivity contribution >= 4 is 5.91 Å². The lowest BCUT2D eigenvalue weighted by molar-refractivity contribution is 0.0596.